The molecule has 3 rings (SSSR count). The molecule has 0 bridgehead atoms. The molecule has 0 atom stereocenters. The second-order valence-corrected chi connectivity index (χ2v) is 9.46. The number of anilines is 1. The first-order valence-corrected chi connectivity index (χ1v) is 11.8. The Hall–Kier alpha value is -3.12. The van der Waals surface area contributed by atoms with Gasteiger partial charge in [-0.05, 0) is 56.5 Å². The van der Waals surface area contributed by atoms with E-state index in [1.165, 1.54) is 9.87 Å². The van der Waals surface area contributed by atoms with Gasteiger partial charge in [-0.3, -0.25) is 9.10 Å². The molecule has 3 aromatic carbocycles. The molecule has 0 aliphatic heterocycles. The minimum absolute atomic E-state index is 0.163. The lowest BCUT2D eigenvalue weighted by atomic mass is 10.1. The van der Waals surface area contributed by atoms with Gasteiger partial charge < -0.3 is 5.32 Å². The van der Waals surface area contributed by atoms with Crippen molar-refractivity contribution >= 4 is 21.6 Å². The van der Waals surface area contributed by atoms with Gasteiger partial charge >= 0.3 is 0 Å². The fourth-order valence-corrected chi connectivity index (χ4v) is 4.64. The summed E-state index contributed by atoms with van der Waals surface area (Å²) in [6.45, 7) is 4.05. The van der Waals surface area contributed by atoms with Gasteiger partial charge in [0.25, 0.3) is 10.0 Å². The average molecular weight is 437 g/mol. The Balaban J connectivity index is 1.71. The van der Waals surface area contributed by atoms with E-state index < -0.39 is 10.0 Å². The molecule has 162 valence electrons. The Labute approximate surface area is 184 Å². The molecule has 0 fully saturated rings. The highest BCUT2D eigenvalue weighted by molar-refractivity contribution is 7.92. The van der Waals surface area contributed by atoms with E-state index in [0.29, 0.717) is 12.2 Å². The third-order valence-electron chi connectivity index (χ3n) is 5.03. The molecule has 0 spiro atoms. The van der Waals surface area contributed by atoms with Crippen molar-refractivity contribution in [3.8, 4) is 0 Å². The number of carbonyl (C=O) groups is 1. The largest absolute Gasteiger partial charge is 0.355 e. The van der Waals surface area contributed by atoms with Crippen molar-refractivity contribution < 1.29 is 13.2 Å². The van der Waals surface area contributed by atoms with Crippen molar-refractivity contribution in [3.63, 3.8) is 0 Å². The maximum Gasteiger partial charge on any atom is 0.264 e. The Bertz CT molecular complexity index is 1090. The van der Waals surface area contributed by atoms with Crippen LogP contribution in [0.4, 0.5) is 5.69 Å². The van der Waals surface area contributed by atoms with Gasteiger partial charge in [0.1, 0.15) is 6.54 Å². The SMILES string of the molecule is Cc1ccc(N(CC(=O)NCCCc2ccccc2)S(=O)(=O)c2ccc(C)cc2)cc1. The molecule has 31 heavy (non-hydrogen) atoms. The molecule has 0 saturated heterocycles. The number of nitrogens with one attached hydrogen (secondary N) is 1. The zero-order chi connectivity index (χ0) is 22.3. The number of hydrogen-bond acceptors (Lipinski definition) is 3. The fraction of sp³-hybridized carbons (Fsp3) is 0.240. The Morgan fingerprint density at radius 1 is 0.839 bits per heavy atom. The van der Waals surface area contributed by atoms with E-state index in [-0.39, 0.29) is 17.3 Å². The smallest absolute Gasteiger partial charge is 0.264 e. The van der Waals surface area contributed by atoms with Crippen molar-refractivity contribution in [2.45, 2.75) is 31.6 Å². The van der Waals surface area contributed by atoms with Gasteiger partial charge in [0.15, 0.2) is 0 Å². The quantitative estimate of drug-likeness (QED) is 0.510. The predicted octanol–water partition coefficient (Wildman–Crippen LogP) is 4.25. The second-order valence-electron chi connectivity index (χ2n) is 7.60. The monoisotopic (exact) mass is 436 g/mol. The van der Waals surface area contributed by atoms with Crippen LogP contribution in [0.25, 0.3) is 0 Å². The van der Waals surface area contributed by atoms with Gasteiger partial charge in [-0.15, -0.1) is 0 Å². The molecule has 0 radical (unpaired) electrons. The maximum atomic E-state index is 13.3. The molecule has 0 unspecified atom stereocenters. The van der Waals surface area contributed by atoms with Gasteiger partial charge in [0.2, 0.25) is 5.91 Å². The number of carbonyl (C=O) groups excluding carboxylic acids is 1. The molecule has 0 aromatic heterocycles. The fourth-order valence-electron chi connectivity index (χ4n) is 3.21. The summed E-state index contributed by atoms with van der Waals surface area (Å²) in [5, 5.41) is 2.85. The summed E-state index contributed by atoms with van der Waals surface area (Å²) in [5.74, 6) is -0.329. The van der Waals surface area contributed by atoms with Gasteiger partial charge in [-0.1, -0.05) is 65.7 Å². The number of hydrogen-bond donors (Lipinski definition) is 1. The van der Waals surface area contributed by atoms with Crippen LogP contribution in [-0.4, -0.2) is 27.4 Å². The zero-order valence-electron chi connectivity index (χ0n) is 17.9. The van der Waals surface area contributed by atoms with Crippen LogP contribution in [0.15, 0.2) is 83.8 Å². The number of benzene rings is 3. The van der Waals surface area contributed by atoms with E-state index in [1.54, 1.807) is 36.4 Å². The minimum atomic E-state index is -3.88. The van der Waals surface area contributed by atoms with Crippen LogP contribution < -0.4 is 9.62 Å². The van der Waals surface area contributed by atoms with Crippen LogP contribution in [0.1, 0.15) is 23.1 Å². The number of amides is 1. The average Bonchev–Trinajstić information content (AvgIpc) is 2.77. The highest BCUT2D eigenvalue weighted by Gasteiger charge is 2.27. The van der Waals surface area contributed by atoms with Gasteiger partial charge in [-0.25, -0.2) is 8.42 Å². The molecule has 0 saturated carbocycles. The van der Waals surface area contributed by atoms with Crippen molar-refractivity contribution in [1.29, 1.82) is 0 Å². The summed E-state index contributed by atoms with van der Waals surface area (Å²) in [7, 11) is -3.88. The van der Waals surface area contributed by atoms with Gasteiger partial charge in [-0.2, -0.15) is 0 Å². The van der Waals surface area contributed by atoms with E-state index in [4.69, 9.17) is 0 Å². The van der Waals surface area contributed by atoms with E-state index in [1.807, 2.05) is 44.2 Å². The van der Waals surface area contributed by atoms with E-state index >= 15 is 0 Å². The van der Waals surface area contributed by atoms with E-state index in [9.17, 15) is 13.2 Å². The van der Waals surface area contributed by atoms with Crippen LogP contribution in [0.2, 0.25) is 0 Å². The lowest BCUT2D eigenvalue weighted by molar-refractivity contribution is -0.119. The van der Waals surface area contributed by atoms with Crippen molar-refractivity contribution in [1.82, 2.24) is 5.32 Å². The Morgan fingerprint density at radius 2 is 1.42 bits per heavy atom. The standard InChI is InChI=1S/C25H28N2O3S/c1-20-10-14-23(15-11-20)27(31(29,30)24-16-12-21(2)13-17-24)19-25(28)26-18-6-9-22-7-4-3-5-8-22/h3-5,7-8,10-17H,6,9,18-19H2,1-2H3,(H,26,28). The minimum Gasteiger partial charge on any atom is -0.355 e. The summed E-state index contributed by atoms with van der Waals surface area (Å²) < 4.78 is 27.8. The topological polar surface area (TPSA) is 66.5 Å². The summed E-state index contributed by atoms with van der Waals surface area (Å²) in [4.78, 5) is 12.8. The second kappa shape index (κ2) is 10.3. The Kier molecular flexibility index (Phi) is 7.47. The van der Waals surface area contributed by atoms with Crippen LogP contribution in [0, 0.1) is 13.8 Å². The molecule has 1 N–H and O–H groups in total. The molecule has 0 aliphatic carbocycles. The number of nitrogens with zero attached hydrogens (tertiary/aromatic N) is 1. The first-order valence-electron chi connectivity index (χ1n) is 10.3. The van der Waals surface area contributed by atoms with Crippen LogP contribution in [0.3, 0.4) is 0 Å². The third-order valence-corrected chi connectivity index (χ3v) is 6.81. The van der Waals surface area contributed by atoms with Gasteiger partial charge in [0, 0.05) is 6.54 Å². The molecule has 0 aliphatic rings. The van der Waals surface area contributed by atoms with E-state index in [2.05, 4.69) is 17.4 Å². The number of aryl methyl sites for hydroxylation is 3. The number of sulfonamides is 1. The summed E-state index contributed by atoms with van der Waals surface area (Å²) in [6, 6.07) is 23.8. The van der Waals surface area contributed by atoms with Crippen molar-refractivity contribution in [3.05, 3.63) is 95.6 Å². The normalized spacial score (nSPS) is 11.2. The highest BCUT2D eigenvalue weighted by atomic mass is 32.2. The van der Waals surface area contributed by atoms with E-state index in [0.717, 1.165) is 24.0 Å². The lowest BCUT2D eigenvalue weighted by Crippen LogP contribution is -2.41. The zero-order valence-corrected chi connectivity index (χ0v) is 18.7. The van der Waals surface area contributed by atoms with Crippen LogP contribution >= 0.6 is 0 Å². The first-order chi connectivity index (χ1) is 14.9. The maximum absolute atomic E-state index is 13.3. The predicted molar refractivity (Wildman–Crippen MR) is 125 cm³/mol. The summed E-state index contributed by atoms with van der Waals surface area (Å²) in [6.07, 6.45) is 1.63. The molecular formula is C25H28N2O3S. The summed E-state index contributed by atoms with van der Waals surface area (Å²) in [5.41, 5.74) is 3.66. The van der Waals surface area contributed by atoms with Crippen LogP contribution in [0.5, 0.6) is 0 Å². The van der Waals surface area contributed by atoms with Crippen molar-refractivity contribution in [2.75, 3.05) is 17.4 Å². The highest BCUT2D eigenvalue weighted by Crippen LogP contribution is 2.24. The van der Waals surface area contributed by atoms with Gasteiger partial charge in [0.05, 0.1) is 10.6 Å². The number of rotatable bonds is 9. The molecule has 5 nitrogen and oxygen atoms in total. The molecular weight excluding hydrogens is 408 g/mol. The molecule has 3 aromatic rings. The van der Waals surface area contributed by atoms with Crippen molar-refractivity contribution in [2.24, 2.45) is 0 Å². The van der Waals surface area contributed by atoms with Crippen LogP contribution in [-0.2, 0) is 21.2 Å². The summed E-state index contributed by atoms with van der Waals surface area (Å²) >= 11 is 0. The first kappa shape index (κ1) is 22.6. The third kappa shape index (κ3) is 6.18. The molecule has 6 heteroatoms. The Morgan fingerprint density at radius 3 is 2.03 bits per heavy atom. The molecule has 1 amide bonds. The molecule has 0 heterocycles. The lowest BCUT2D eigenvalue weighted by Gasteiger charge is -2.24.